The second-order valence-electron chi connectivity index (χ2n) is 6.86. The first-order valence-electron chi connectivity index (χ1n) is 10.4. The molecule has 0 aliphatic carbocycles. The molecule has 0 radical (unpaired) electrons. The smallest absolute Gasteiger partial charge is 0.255 e. The Hall–Kier alpha value is -2.84. The number of nitrogens with one attached hydrogen (secondary N) is 1. The molecule has 1 aliphatic heterocycles. The molecule has 1 amide bonds. The largest absolute Gasteiger partial charge is 0.393 e. The Labute approximate surface area is 198 Å². The number of nitrogens with zero attached hydrogens (tertiary/aromatic N) is 1. The zero-order valence-corrected chi connectivity index (χ0v) is 19.9. The lowest BCUT2D eigenvalue weighted by molar-refractivity contribution is -0.0987. The van der Waals surface area contributed by atoms with E-state index in [4.69, 9.17) is 21.2 Å². The van der Waals surface area contributed by atoms with Gasteiger partial charge in [-0.3, -0.25) is 4.79 Å². The van der Waals surface area contributed by atoms with Crippen LogP contribution in [-0.2, 0) is 9.59 Å². The summed E-state index contributed by atoms with van der Waals surface area (Å²) in [5.41, 5.74) is 0.967. The summed E-state index contributed by atoms with van der Waals surface area (Å²) >= 11 is 5.73. The summed E-state index contributed by atoms with van der Waals surface area (Å²) in [5, 5.41) is 12.6. The molecule has 2 aromatic carbocycles. The van der Waals surface area contributed by atoms with Gasteiger partial charge in [-0.15, -0.1) is 0 Å². The van der Waals surface area contributed by atoms with E-state index in [0.29, 0.717) is 30.9 Å². The molecule has 2 atom stereocenters. The predicted molar refractivity (Wildman–Crippen MR) is 128 cm³/mol. The van der Waals surface area contributed by atoms with E-state index in [1.165, 1.54) is 30.3 Å². The van der Waals surface area contributed by atoms with Crippen LogP contribution in [0.15, 0.2) is 36.4 Å². The number of hydrogen-bond donors (Lipinski definition) is 2. The van der Waals surface area contributed by atoms with Gasteiger partial charge in [0.05, 0.1) is 16.8 Å². The van der Waals surface area contributed by atoms with Crippen LogP contribution in [0.2, 0.25) is 5.02 Å². The van der Waals surface area contributed by atoms with E-state index in [-0.39, 0.29) is 16.5 Å². The lowest BCUT2D eigenvalue weighted by Crippen LogP contribution is -2.26. The molecule has 0 saturated carbocycles. The maximum absolute atomic E-state index is 14.4. The second kappa shape index (κ2) is 15.9. The third-order valence-corrected chi connectivity index (χ3v) is 5.22. The fraction of sp³-hybridized carbons (Fsp3) is 0.375. The number of anilines is 2. The first-order valence-corrected chi connectivity index (χ1v) is 10.8. The Kier molecular flexibility index (Phi) is 14.5. The minimum atomic E-state index is -0.573. The van der Waals surface area contributed by atoms with E-state index < -0.39 is 23.6 Å². The van der Waals surface area contributed by atoms with E-state index in [1.54, 1.807) is 0 Å². The van der Waals surface area contributed by atoms with Crippen molar-refractivity contribution in [2.24, 2.45) is 5.92 Å². The predicted octanol–water partition coefficient (Wildman–Crippen LogP) is 5.12. The van der Waals surface area contributed by atoms with Crippen molar-refractivity contribution in [1.29, 1.82) is 0 Å². The number of carbonyl (C=O) groups is 3. The average Bonchev–Trinajstić information content (AvgIpc) is 3.01. The minimum absolute atomic E-state index is 0.0927. The SMILES string of the molecule is C=O.C=O.CC.CC1CCN(c2cc(C(=O)Nc3ccc(F)c(Cl)c3)ccc2F)CCC1O. The van der Waals surface area contributed by atoms with E-state index in [9.17, 15) is 18.7 Å². The zero-order valence-electron chi connectivity index (χ0n) is 19.1. The Bertz CT molecular complexity index is 872. The normalized spacial score (nSPS) is 17.0. The number of carbonyl (C=O) groups excluding carboxylic acids is 3. The van der Waals surface area contributed by atoms with E-state index in [2.05, 4.69) is 5.32 Å². The van der Waals surface area contributed by atoms with E-state index in [1.807, 2.05) is 39.2 Å². The van der Waals surface area contributed by atoms with Crippen LogP contribution in [0.1, 0.15) is 44.0 Å². The molecule has 1 heterocycles. The van der Waals surface area contributed by atoms with Gasteiger partial charge < -0.3 is 24.9 Å². The molecule has 2 aromatic rings. The van der Waals surface area contributed by atoms with Gasteiger partial charge in [0.2, 0.25) is 0 Å². The van der Waals surface area contributed by atoms with Gasteiger partial charge in [-0.2, -0.15) is 0 Å². The molecule has 0 spiro atoms. The third-order valence-electron chi connectivity index (χ3n) is 4.93. The number of aliphatic hydroxyl groups is 1. The van der Waals surface area contributed by atoms with Gasteiger partial charge >= 0.3 is 0 Å². The van der Waals surface area contributed by atoms with Crippen LogP contribution in [0.4, 0.5) is 20.2 Å². The van der Waals surface area contributed by atoms with Crippen LogP contribution in [-0.4, -0.2) is 43.8 Å². The summed E-state index contributed by atoms with van der Waals surface area (Å²) < 4.78 is 27.6. The molecule has 3 rings (SSSR count). The quantitative estimate of drug-likeness (QED) is 0.631. The van der Waals surface area contributed by atoms with Crippen LogP contribution in [0.3, 0.4) is 0 Å². The maximum atomic E-state index is 14.4. The van der Waals surface area contributed by atoms with Crippen LogP contribution in [0.5, 0.6) is 0 Å². The molecule has 33 heavy (non-hydrogen) atoms. The van der Waals surface area contributed by atoms with Crippen molar-refractivity contribution in [3.05, 3.63) is 58.6 Å². The first-order chi connectivity index (χ1) is 15.8. The summed E-state index contributed by atoms with van der Waals surface area (Å²) in [5.74, 6) is -1.29. The van der Waals surface area contributed by atoms with Crippen molar-refractivity contribution in [3.8, 4) is 0 Å². The Morgan fingerprint density at radius 3 is 2.21 bits per heavy atom. The number of halogens is 3. The van der Waals surface area contributed by atoms with Crippen molar-refractivity contribution in [2.45, 2.75) is 39.7 Å². The van der Waals surface area contributed by atoms with Gasteiger partial charge in [-0.1, -0.05) is 32.4 Å². The van der Waals surface area contributed by atoms with Crippen LogP contribution in [0.25, 0.3) is 0 Å². The van der Waals surface area contributed by atoms with Crippen molar-refractivity contribution in [3.63, 3.8) is 0 Å². The van der Waals surface area contributed by atoms with Gasteiger partial charge in [0.1, 0.15) is 25.2 Å². The molecule has 0 bridgehead atoms. The second-order valence-corrected chi connectivity index (χ2v) is 7.27. The minimum Gasteiger partial charge on any atom is -0.393 e. The molecule has 2 N–H and O–H groups in total. The van der Waals surface area contributed by atoms with Crippen LogP contribution in [0, 0.1) is 17.6 Å². The van der Waals surface area contributed by atoms with Gasteiger partial charge in [0.15, 0.2) is 0 Å². The molecular weight excluding hydrogens is 454 g/mol. The number of rotatable bonds is 3. The number of hydrogen-bond acceptors (Lipinski definition) is 5. The summed E-state index contributed by atoms with van der Waals surface area (Å²) in [6, 6.07) is 8.04. The Morgan fingerprint density at radius 1 is 1.03 bits per heavy atom. The number of benzene rings is 2. The maximum Gasteiger partial charge on any atom is 0.255 e. The van der Waals surface area contributed by atoms with Gasteiger partial charge in [-0.05, 0) is 55.2 Å². The zero-order chi connectivity index (χ0) is 25.6. The lowest BCUT2D eigenvalue weighted by Gasteiger charge is -2.23. The molecule has 1 fully saturated rings. The van der Waals surface area contributed by atoms with Crippen LogP contribution >= 0.6 is 11.6 Å². The van der Waals surface area contributed by atoms with E-state index >= 15 is 0 Å². The fourth-order valence-electron chi connectivity index (χ4n) is 3.15. The standard InChI is InChI=1S/C20H21ClF2N2O2.C2H6.2CH2O/c1-12-6-8-25(9-7-19(12)26)18-10-13(2-4-17(18)23)20(27)24-14-3-5-16(22)15(21)11-14;3*1-2/h2-5,10-12,19,26H,6-9H2,1H3,(H,24,27);1-2H3;2*1H2. The fourth-order valence-corrected chi connectivity index (χ4v) is 3.33. The Morgan fingerprint density at radius 2 is 1.61 bits per heavy atom. The first kappa shape index (κ1) is 30.2. The molecule has 2 unspecified atom stereocenters. The highest BCUT2D eigenvalue weighted by molar-refractivity contribution is 6.31. The molecule has 1 aliphatic rings. The van der Waals surface area contributed by atoms with Gasteiger partial charge in [0.25, 0.3) is 5.91 Å². The topological polar surface area (TPSA) is 86.7 Å². The highest BCUT2D eigenvalue weighted by atomic mass is 35.5. The van der Waals surface area contributed by atoms with Gasteiger partial charge in [0, 0.05) is 24.3 Å². The highest BCUT2D eigenvalue weighted by Gasteiger charge is 2.23. The number of aliphatic hydroxyl groups excluding tert-OH is 1. The molecule has 1 saturated heterocycles. The summed E-state index contributed by atoms with van der Waals surface area (Å²) in [7, 11) is 0. The van der Waals surface area contributed by atoms with E-state index in [0.717, 1.165) is 12.5 Å². The summed E-state index contributed by atoms with van der Waals surface area (Å²) in [6.45, 7) is 11.1. The molecule has 0 aromatic heterocycles. The highest BCUT2D eigenvalue weighted by Crippen LogP contribution is 2.27. The van der Waals surface area contributed by atoms with Crippen LogP contribution < -0.4 is 10.2 Å². The molecular formula is C24H31ClF2N2O4. The van der Waals surface area contributed by atoms with Gasteiger partial charge in [-0.25, -0.2) is 8.78 Å². The molecule has 6 nitrogen and oxygen atoms in total. The van der Waals surface area contributed by atoms with Crippen molar-refractivity contribution < 1.29 is 28.3 Å². The lowest BCUT2D eigenvalue weighted by atomic mass is 10.0. The molecule has 9 heteroatoms. The molecule has 182 valence electrons. The van der Waals surface area contributed by atoms with Crippen molar-refractivity contribution in [2.75, 3.05) is 23.3 Å². The summed E-state index contributed by atoms with van der Waals surface area (Å²) in [4.78, 5) is 30.4. The monoisotopic (exact) mass is 484 g/mol. The van der Waals surface area contributed by atoms with Crippen molar-refractivity contribution >= 4 is 42.5 Å². The summed E-state index contributed by atoms with van der Waals surface area (Å²) in [6.07, 6.45) is 0.878. The number of amides is 1. The Balaban J connectivity index is 0.00000158. The van der Waals surface area contributed by atoms with Crippen molar-refractivity contribution in [1.82, 2.24) is 0 Å². The third kappa shape index (κ3) is 8.90. The average molecular weight is 485 g/mol.